The van der Waals surface area contributed by atoms with E-state index in [1.165, 1.54) is 6.08 Å². The van der Waals surface area contributed by atoms with Crippen molar-refractivity contribution in [3.05, 3.63) is 59.7 Å². The molecule has 0 spiro atoms. The van der Waals surface area contributed by atoms with Gasteiger partial charge >= 0.3 is 0 Å². The summed E-state index contributed by atoms with van der Waals surface area (Å²) in [4.78, 5) is 12.0. The first-order valence-electron chi connectivity index (χ1n) is 7.47. The van der Waals surface area contributed by atoms with E-state index in [9.17, 15) is 4.79 Å². The molecule has 2 aromatic rings. The second-order valence-corrected chi connectivity index (χ2v) is 4.97. The first-order valence-corrected chi connectivity index (χ1v) is 7.47. The van der Waals surface area contributed by atoms with Crippen molar-refractivity contribution in [2.75, 3.05) is 21.3 Å². The quantitative estimate of drug-likeness (QED) is 0.794. The molecule has 126 valence electrons. The number of hydrogen-bond acceptors (Lipinski definition) is 4. The van der Waals surface area contributed by atoms with Crippen LogP contribution in [0.2, 0.25) is 0 Å². The summed E-state index contributed by atoms with van der Waals surface area (Å²) in [6, 6.07) is 13.1. The number of amides is 1. The minimum absolute atomic E-state index is 0.196. The van der Waals surface area contributed by atoms with Gasteiger partial charge in [-0.05, 0) is 11.6 Å². The highest BCUT2D eigenvalue weighted by atomic mass is 16.5. The molecule has 1 N–H and O–H groups in total. The van der Waals surface area contributed by atoms with Crippen LogP contribution in [0, 0.1) is 0 Å². The highest BCUT2D eigenvalue weighted by Gasteiger charge is 2.13. The average molecular weight is 327 g/mol. The van der Waals surface area contributed by atoms with Gasteiger partial charge in [0.25, 0.3) is 0 Å². The molecule has 24 heavy (non-hydrogen) atoms. The molecule has 0 aliphatic carbocycles. The van der Waals surface area contributed by atoms with Gasteiger partial charge in [0.1, 0.15) is 17.2 Å². The lowest BCUT2D eigenvalue weighted by Crippen LogP contribution is -2.21. The molecule has 0 bridgehead atoms. The summed E-state index contributed by atoms with van der Waals surface area (Å²) < 4.78 is 15.9. The first kappa shape index (κ1) is 17.4. The van der Waals surface area contributed by atoms with Gasteiger partial charge in [0.2, 0.25) is 5.91 Å². The monoisotopic (exact) mass is 327 g/mol. The predicted octanol–water partition coefficient (Wildman–Crippen LogP) is 3.04. The largest absolute Gasteiger partial charge is 0.496 e. The van der Waals surface area contributed by atoms with Crippen LogP contribution < -0.4 is 19.5 Å². The fraction of sp³-hybridized carbons (Fsp3) is 0.211. The number of nitrogens with one attached hydrogen (secondary N) is 1. The summed E-state index contributed by atoms with van der Waals surface area (Å²) >= 11 is 0. The molecular formula is C19H21NO4. The number of methoxy groups -OCH3 is 3. The normalized spacial score (nSPS) is 10.5. The second kappa shape index (κ2) is 8.62. The van der Waals surface area contributed by atoms with Crippen LogP contribution >= 0.6 is 0 Å². The van der Waals surface area contributed by atoms with Crippen molar-refractivity contribution in [3.63, 3.8) is 0 Å². The number of carbonyl (C=O) groups is 1. The highest BCUT2D eigenvalue weighted by Crippen LogP contribution is 2.33. The Kier molecular flexibility index (Phi) is 6.25. The van der Waals surface area contributed by atoms with Gasteiger partial charge in [-0.3, -0.25) is 4.79 Å². The molecule has 0 radical (unpaired) electrons. The van der Waals surface area contributed by atoms with E-state index >= 15 is 0 Å². The van der Waals surface area contributed by atoms with E-state index in [2.05, 4.69) is 5.32 Å². The topological polar surface area (TPSA) is 56.8 Å². The molecule has 0 aliphatic heterocycles. The molecule has 2 rings (SSSR count). The number of hydrogen-bond donors (Lipinski definition) is 1. The smallest absolute Gasteiger partial charge is 0.244 e. The predicted molar refractivity (Wildman–Crippen MR) is 93.4 cm³/mol. The van der Waals surface area contributed by atoms with E-state index in [0.29, 0.717) is 17.2 Å². The van der Waals surface area contributed by atoms with Gasteiger partial charge in [-0.25, -0.2) is 0 Å². The van der Waals surface area contributed by atoms with Crippen LogP contribution in [-0.2, 0) is 11.3 Å². The minimum Gasteiger partial charge on any atom is -0.496 e. The maximum Gasteiger partial charge on any atom is 0.244 e. The zero-order chi connectivity index (χ0) is 17.4. The van der Waals surface area contributed by atoms with Crippen molar-refractivity contribution in [1.82, 2.24) is 5.32 Å². The summed E-state index contributed by atoms with van der Waals surface area (Å²) in [6.45, 7) is 0.286. The van der Waals surface area contributed by atoms with Gasteiger partial charge in [0.15, 0.2) is 0 Å². The molecule has 0 aliphatic rings. The lowest BCUT2D eigenvalue weighted by atomic mass is 10.1. The van der Waals surface area contributed by atoms with E-state index in [4.69, 9.17) is 14.2 Å². The zero-order valence-corrected chi connectivity index (χ0v) is 14.0. The van der Waals surface area contributed by atoms with Crippen LogP contribution in [0.3, 0.4) is 0 Å². The standard InChI is InChI=1S/C19H21NO4/c1-22-15-11-17(23-2)16(18(12-15)24-3)13-20-19(21)10-9-14-7-5-4-6-8-14/h4-12H,13H2,1-3H3,(H,20,21). The summed E-state index contributed by atoms with van der Waals surface area (Å²) in [5.74, 6) is 1.62. The molecule has 1 amide bonds. The Morgan fingerprint density at radius 1 is 1.00 bits per heavy atom. The van der Waals surface area contributed by atoms with Crippen LogP contribution in [0.25, 0.3) is 6.08 Å². The molecule has 0 fully saturated rings. The van der Waals surface area contributed by atoms with Crippen molar-refractivity contribution in [2.24, 2.45) is 0 Å². The van der Waals surface area contributed by atoms with Crippen molar-refractivity contribution in [1.29, 1.82) is 0 Å². The molecule has 5 nitrogen and oxygen atoms in total. The third-order valence-electron chi connectivity index (χ3n) is 3.48. The minimum atomic E-state index is -0.196. The molecule has 0 heterocycles. The van der Waals surface area contributed by atoms with Gasteiger partial charge < -0.3 is 19.5 Å². The fourth-order valence-electron chi connectivity index (χ4n) is 2.22. The maximum atomic E-state index is 12.0. The number of benzene rings is 2. The summed E-state index contributed by atoms with van der Waals surface area (Å²) in [5, 5.41) is 2.83. The Hall–Kier alpha value is -2.95. The molecular weight excluding hydrogens is 306 g/mol. The Morgan fingerprint density at radius 3 is 2.17 bits per heavy atom. The number of ether oxygens (including phenoxy) is 3. The second-order valence-electron chi connectivity index (χ2n) is 4.97. The lowest BCUT2D eigenvalue weighted by Gasteiger charge is -2.15. The summed E-state index contributed by atoms with van der Waals surface area (Å²) in [7, 11) is 4.70. The molecule has 2 aromatic carbocycles. The Morgan fingerprint density at radius 2 is 1.62 bits per heavy atom. The Balaban J connectivity index is 2.08. The van der Waals surface area contributed by atoms with E-state index < -0.39 is 0 Å². The zero-order valence-electron chi connectivity index (χ0n) is 14.0. The van der Waals surface area contributed by atoms with E-state index in [0.717, 1.165) is 11.1 Å². The Bertz CT molecular complexity index is 686. The third-order valence-corrected chi connectivity index (χ3v) is 3.48. The number of carbonyl (C=O) groups excluding carboxylic acids is 1. The molecule has 5 heteroatoms. The highest BCUT2D eigenvalue weighted by molar-refractivity contribution is 5.91. The van der Waals surface area contributed by atoms with Gasteiger partial charge in [0, 0.05) is 18.2 Å². The van der Waals surface area contributed by atoms with Crippen molar-refractivity contribution >= 4 is 12.0 Å². The van der Waals surface area contributed by atoms with Crippen LogP contribution in [-0.4, -0.2) is 27.2 Å². The van der Waals surface area contributed by atoms with E-state index in [1.807, 2.05) is 30.3 Å². The van der Waals surface area contributed by atoms with Crippen molar-refractivity contribution < 1.29 is 19.0 Å². The molecule has 0 aromatic heterocycles. The fourth-order valence-corrected chi connectivity index (χ4v) is 2.22. The van der Waals surface area contributed by atoms with Crippen molar-refractivity contribution in [3.8, 4) is 17.2 Å². The first-order chi connectivity index (χ1) is 11.7. The van der Waals surface area contributed by atoms with E-state index in [1.54, 1.807) is 39.5 Å². The summed E-state index contributed by atoms with van der Waals surface area (Å²) in [5.41, 5.74) is 1.72. The van der Waals surface area contributed by atoms with Crippen molar-refractivity contribution in [2.45, 2.75) is 6.54 Å². The Labute approximate surface area is 141 Å². The van der Waals surface area contributed by atoms with E-state index in [-0.39, 0.29) is 12.5 Å². The van der Waals surface area contributed by atoms with Crippen LogP contribution in [0.4, 0.5) is 0 Å². The van der Waals surface area contributed by atoms with Gasteiger partial charge in [-0.1, -0.05) is 30.3 Å². The van der Waals surface area contributed by atoms with Crippen LogP contribution in [0.15, 0.2) is 48.5 Å². The molecule has 0 unspecified atom stereocenters. The molecule has 0 saturated carbocycles. The maximum absolute atomic E-state index is 12.0. The third kappa shape index (κ3) is 4.52. The average Bonchev–Trinajstić information content (AvgIpc) is 2.64. The van der Waals surface area contributed by atoms with Gasteiger partial charge in [0.05, 0.1) is 33.4 Å². The van der Waals surface area contributed by atoms with Gasteiger partial charge in [-0.15, -0.1) is 0 Å². The number of rotatable bonds is 7. The SMILES string of the molecule is COc1cc(OC)c(CNC(=O)C=Cc2ccccc2)c(OC)c1. The van der Waals surface area contributed by atoms with Gasteiger partial charge in [-0.2, -0.15) is 0 Å². The lowest BCUT2D eigenvalue weighted by molar-refractivity contribution is -0.116. The molecule has 0 saturated heterocycles. The summed E-state index contributed by atoms with van der Waals surface area (Å²) in [6.07, 6.45) is 3.26. The van der Waals surface area contributed by atoms with Crippen LogP contribution in [0.5, 0.6) is 17.2 Å². The molecule has 0 atom stereocenters. The van der Waals surface area contributed by atoms with Crippen LogP contribution in [0.1, 0.15) is 11.1 Å².